The third kappa shape index (κ3) is 2.43. The zero-order chi connectivity index (χ0) is 17.8. The average molecular weight is 312 g/mol. The lowest BCUT2D eigenvalue weighted by molar-refractivity contribution is 0.254. The lowest BCUT2D eigenvalue weighted by atomic mass is 9.64. The van der Waals surface area contributed by atoms with Crippen LogP contribution in [0.1, 0.15) is 41.0 Å². The number of hydrogen-bond acceptors (Lipinski definition) is 6. The minimum Gasteiger partial charge on any atom is -0.400 e. The van der Waals surface area contributed by atoms with Gasteiger partial charge in [0.25, 0.3) is 0 Å². The molecule has 0 aromatic heterocycles. The standard InChI is InChI=1S/C17H24N6/c1-6-14-16(5,12(4)22-23(7-2)8-3)15(21)13(9-18)17(14,10-19)11-20/h14H,6-8,21H2,1-5H3/b22-12+. The van der Waals surface area contributed by atoms with E-state index in [4.69, 9.17) is 5.73 Å². The van der Waals surface area contributed by atoms with Crippen molar-refractivity contribution in [1.82, 2.24) is 5.01 Å². The molecule has 122 valence electrons. The molecule has 1 rings (SSSR count). The predicted molar refractivity (Wildman–Crippen MR) is 88.4 cm³/mol. The molecule has 0 spiro atoms. The summed E-state index contributed by atoms with van der Waals surface area (Å²) in [5, 5.41) is 35.3. The van der Waals surface area contributed by atoms with Gasteiger partial charge >= 0.3 is 0 Å². The summed E-state index contributed by atoms with van der Waals surface area (Å²) in [5.41, 5.74) is 5.08. The fraction of sp³-hybridized carbons (Fsp3) is 0.647. The molecule has 1 aliphatic carbocycles. The van der Waals surface area contributed by atoms with Gasteiger partial charge in [-0.15, -0.1) is 0 Å². The molecule has 2 N–H and O–H groups in total. The Hall–Kier alpha value is -2.52. The molecule has 1 aliphatic rings. The summed E-state index contributed by atoms with van der Waals surface area (Å²) in [5.74, 6) is -0.404. The first kappa shape index (κ1) is 18.5. The van der Waals surface area contributed by atoms with Crippen LogP contribution in [0.25, 0.3) is 0 Å². The summed E-state index contributed by atoms with van der Waals surface area (Å²) in [6.07, 6.45) is 0.550. The maximum Gasteiger partial charge on any atom is 0.184 e. The van der Waals surface area contributed by atoms with Crippen LogP contribution in [0.5, 0.6) is 0 Å². The normalized spacial score (nSPS) is 26.3. The van der Waals surface area contributed by atoms with Crippen molar-refractivity contribution >= 4 is 5.71 Å². The van der Waals surface area contributed by atoms with Crippen LogP contribution in [0.4, 0.5) is 0 Å². The summed E-state index contributed by atoms with van der Waals surface area (Å²) in [4.78, 5) is 0. The molecule has 0 heterocycles. The Morgan fingerprint density at radius 2 is 1.74 bits per heavy atom. The van der Waals surface area contributed by atoms with E-state index in [-0.39, 0.29) is 5.57 Å². The predicted octanol–water partition coefficient (Wildman–Crippen LogP) is 2.52. The Balaban J connectivity index is 3.65. The van der Waals surface area contributed by atoms with Gasteiger partial charge in [-0.25, -0.2) is 0 Å². The molecule has 0 aromatic carbocycles. The highest BCUT2D eigenvalue weighted by Gasteiger charge is 2.61. The zero-order valence-electron chi connectivity index (χ0n) is 14.5. The number of rotatable bonds is 5. The Kier molecular flexibility index (Phi) is 5.41. The minimum absolute atomic E-state index is 0.0750. The fourth-order valence-electron chi connectivity index (χ4n) is 3.55. The van der Waals surface area contributed by atoms with E-state index in [1.807, 2.05) is 45.7 Å². The molecule has 0 saturated heterocycles. The number of hydrazone groups is 1. The van der Waals surface area contributed by atoms with Crippen LogP contribution in [0.15, 0.2) is 16.4 Å². The van der Waals surface area contributed by atoms with E-state index >= 15 is 0 Å². The summed E-state index contributed by atoms with van der Waals surface area (Å²) in [6, 6.07) is 6.12. The second kappa shape index (κ2) is 6.71. The second-order valence-corrected chi connectivity index (χ2v) is 5.92. The van der Waals surface area contributed by atoms with Crippen molar-refractivity contribution in [2.24, 2.45) is 27.6 Å². The molecule has 0 aliphatic heterocycles. The van der Waals surface area contributed by atoms with Gasteiger partial charge in [0, 0.05) is 30.4 Å². The maximum absolute atomic E-state index is 9.66. The molecule has 0 bridgehead atoms. The largest absolute Gasteiger partial charge is 0.400 e. The Morgan fingerprint density at radius 1 is 1.22 bits per heavy atom. The van der Waals surface area contributed by atoms with Gasteiger partial charge in [0.2, 0.25) is 0 Å². The van der Waals surface area contributed by atoms with Crippen molar-refractivity contribution in [3.05, 3.63) is 11.3 Å². The summed E-state index contributed by atoms with van der Waals surface area (Å²) < 4.78 is 0. The Labute approximate surface area is 138 Å². The first-order valence-corrected chi connectivity index (χ1v) is 7.87. The topological polar surface area (TPSA) is 113 Å². The van der Waals surface area contributed by atoms with Gasteiger partial charge < -0.3 is 5.73 Å². The van der Waals surface area contributed by atoms with Crippen LogP contribution in [0.3, 0.4) is 0 Å². The van der Waals surface area contributed by atoms with Crippen LogP contribution in [-0.2, 0) is 0 Å². The zero-order valence-corrected chi connectivity index (χ0v) is 14.5. The number of nitriles is 3. The lowest BCUT2D eigenvalue weighted by Crippen LogP contribution is -2.41. The molecule has 0 fully saturated rings. The fourth-order valence-corrected chi connectivity index (χ4v) is 3.55. The Morgan fingerprint density at radius 3 is 2.09 bits per heavy atom. The lowest BCUT2D eigenvalue weighted by Gasteiger charge is -2.36. The van der Waals surface area contributed by atoms with E-state index in [0.717, 1.165) is 18.8 Å². The van der Waals surface area contributed by atoms with E-state index in [1.54, 1.807) is 0 Å². The molecule has 6 nitrogen and oxygen atoms in total. The molecule has 23 heavy (non-hydrogen) atoms. The number of hydrogen-bond donors (Lipinski definition) is 1. The summed E-state index contributed by atoms with van der Waals surface area (Å²) in [7, 11) is 0. The molecular weight excluding hydrogens is 288 g/mol. The van der Waals surface area contributed by atoms with Gasteiger partial charge in [-0.1, -0.05) is 6.92 Å². The molecule has 0 aromatic rings. The highest BCUT2D eigenvalue weighted by Crippen LogP contribution is 2.57. The van der Waals surface area contributed by atoms with Gasteiger partial charge in [-0.05, 0) is 34.1 Å². The van der Waals surface area contributed by atoms with Crippen molar-refractivity contribution in [2.45, 2.75) is 41.0 Å². The number of allylic oxidation sites excluding steroid dienone is 2. The number of nitrogens with two attached hydrogens (primary N) is 1. The first-order valence-electron chi connectivity index (χ1n) is 7.87. The van der Waals surface area contributed by atoms with E-state index in [1.165, 1.54) is 0 Å². The van der Waals surface area contributed by atoms with Crippen LogP contribution < -0.4 is 5.73 Å². The Bertz CT molecular complexity index is 636. The molecule has 6 heteroatoms. The highest BCUT2D eigenvalue weighted by molar-refractivity contribution is 5.92. The summed E-state index contributed by atoms with van der Waals surface area (Å²) in [6.45, 7) is 11.1. The van der Waals surface area contributed by atoms with Gasteiger partial charge in [0.1, 0.15) is 0 Å². The van der Waals surface area contributed by atoms with Crippen LogP contribution in [0.2, 0.25) is 0 Å². The van der Waals surface area contributed by atoms with Crippen molar-refractivity contribution < 1.29 is 0 Å². The third-order valence-electron chi connectivity index (χ3n) is 5.09. The smallest absolute Gasteiger partial charge is 0.184 e. The molecular formula is C17H24N6. The third-order valence-corrected chi connectivity index (χ3v) is 5.09. The van der Waals surface area contributed by atoms with Crippen molar-refractivity contribution in [3.8, 4) is 18.2 Å². The number of nitrogens with zero attached hydrogens (tertiary/aromatic N) is 5. The van der Waals surface area contributed by atoms with Crippen LogP contribution in [-0.4, -0.2) is 23.8 Å². The van der Waals surface area contributed by atoms with Gasteiger partial charge in [-0.2, -0.15) is 20.9 Å². The molecule has 2 unspecified atom stereocenters. The minimum atomic E-state index is -1.51. The van der Waals surface area contributed by atoms with Crippen molar-refractivity contribution in [1.29, 1.82) is 15.8 Å². The monoisotopic (exact) mass is 312 g/mol. The molecule has 0 radical (unpaired) electrons. The first-order chi connectivity index (χ1) is 10.8. The summed E-state index contributed by atoms with van der Waals surface area (Å²) >= 11 is 0. The van der Waals surface area contributed by atoms with E-state index in [9.17, 15) is 15.8 Å². The molecule has 0 amide bonds. The van der Waals surface area contributed by atoms with E-state index in [0.29, 0.717) is 12.1 Å². The van der Waals surface area contributed by atoms with Crippen molar-refractivity contribution in [2.75, 3.05) is 13.1 Å². The van der Waals surface area contributed by atoms with Gasteiger partial charge in [0.15, 0.2) is 5.41 Å². The molecule has 2 atom stereocenters. The van der Waals surface area contributed by atoms with E-state index in [2.05, 4.69) is 17.2 Å². The van der Waals surface area contributed by atoms with Crippen LogP contribution >= 0.6 is 0 Å². The van der Waals surface area contributed by atoms with E-state index < -0.39 is 16.7 Å². The second-order valence-electron chi connectivity index (χ2n) is 5.92. The van der Waals surface area contributed by atoms with Crippen molar-refractivity contribution in [3.63, 3.8) is 0 Å². The van der Waals surface area contributed by atoms with Crippen LogP contribution in [0, 0.1) is 50.7 Å². The molecule has 0 saturated carbocycles. The average Bonchev–Trinajstić information content (AvgIpc) is 2.77. The quantitative estimate of drug-likeness (QED) is 0.619. The van der Waals surface area contributed by atoms with Gasteiger partial charge in [-0.3, -0.25) is 5.01 Å². The highest BCUT2D eigenvalue weighted by atomic mass is 15.4. The maximum atomic E-state index is 9.66. The SMILES string of the molecule is CCC1C(C#N)(C#N)C(C#N)=C(N)C1(C)/C(C)=N/N(CC)CC. The van der Waals surface area contributed by atoms with Gasteiger partial charge in [0.05, 0.1) is 29.2 Å².